The van der Waals surface area contributed by atoms with E-state index in [0.717, 1.165) is 5.52 Å². The molecule has 0 aliphatic heterocycles. The number of ether oxygens (including phenoxy) is 1. The molecule has 4 amide bonds. The molecule has 0 saturated heterocycles. The van der Waals surface area contributed by atoms with Crippen molar-refractivity contribution in [1.29, 1.82) is 0 Å². The van der Waals surface area contributed by atoms with Crippen molar-refractivity contribution in [3.05, 3.63) is 87.6 Å². The summed E-state index contributed by atoms with van der Waals surface area (Å²) in [4.78, 5) is 60.7. The van der Waals surface area contributed by atoms with E-state index >= 15 is 0 Å². The summed E-state index contributed by atoms with van der Waals surface area (Å²) in [5, 5.41) is 8.81. The summed E-state index contributed by atoms with van der Waals surface area (Å²) in [7, 11) is 5.05. The molecule has 2 aromatic carbocycles. The van der Waals surface area contributed by atoms with Crippen LogP contribution >= 0.6 is 0 Å². The van der Waals surface area contributed by atoms with Crippen LogP contribution in [0.15, 0.2) is 52.4 Å². The second kappa shape index (κ2) is 14.8. The van der Waals surface area contributed by atoms with Crippen LogP contribution in [0.4, 0.5) is 0 Å². The van der Waals surface area contributed by atoms with Crippen molar-refractivity contribution < 1.29 is 23.9 Å². The van der Waals surface area contributed by atoms with Gasteiger partial charge < -0.3 is 34.5 Å². The number of benzene rings is 2. The lowest BCUT2D eigenvalue weighted by Crippen LogP contribution is -2.28. The Labute approximate surface area is 309 Å². The maximum absolute atomic E-state index is 13.7. The normalized spacial score (nSPS) is 12.4. The highest BCUT2D eigenvalue weighted by molar-refractivity contribution is 5.99. The van der Waals surface area contributed by atoms with E-state index in [0.29, 0.717) is 101 Å². The van der Waals surface area contributed by atoms with Gasteiger partial charge in [0.05, 0.1) is 35.0 Å². The number of nitrogens with two attached hydrogens (primary N) is 2. The third-order valence-corrected chi connectivity index (χ3v) is 9.44. The van der Waals surface area contributed by atoms with E-state index in [-0.39, 0.29) is 5.56 Å². The summed E-state index contributed by atoms with van der Waals surface area (Å²) in [6.07, 6.45) is 1.19. The Hall–Kier alpha value is -6.52. The molecule has 0 bridgehead atoms. The molecule has 54 heavy (non-hydrogen) atoms. The van der Waals surface area contributed by atoms with Gasteiger partial charge in [-0.2, -0.15) is 20.2 Å². The zero-order valence-electron chi connectivity index (χ0n) is 31.5. The Bertz CT molecular complexity index is 2620. The molecule has 4 N–H and O–H groups in total. The predicted octanol–water partition coefficient (Wildman–Crippen LogP) is 2.49. The number of nitrogens with zero attached hydrogens (tertiary/aromatic N) is 10. The fourth-order valence-corrected chi connectivity index (χ4v) is 6.83. The Morgan fingerprint density at radius 2 is 1.19 bits per heavy atom. The van der Waals surface area contributed by atoms with Crippen LogP contribution in [0.2, 0.25) is 0 Å². The molecule has 282 valence electrons. The highest BCUT2D eigenvalue weighted by atomic mass is 16.5. The fourth-order valence-electron chi connectivity index (χ4n) is 6.83. The van der Waals surface area contributed by atoms with Crippen LogP contribution in [0.5, 0.6) is 5.75 Å². The van der Waals surface area contributed by atoms with Crippen molar-refractivity contribution in [2.75, 3.05) is 7.11 Å². The summed E-state index contributed by atoms with van der Waals surface area (Å²) >= 11 is 0. The van der Waals surface area contributed by atoms with E-state index in [4.69, 9.17) is 16.2 Å². The second-order valence-corrected chi connectivity index (χ2v) is 13.0. The molecule has 6 rings (SSSR count). The fraction of sp³-hybridized carbons (Fsp3) is 0.351. The largest absolute Gasteiger partial charge is 0.494 e. The third-order valence-electron chi connectivity index (χ3n) is 9.44. The Morgan fingerprint density at radius 3 is 1.70 bits per heavy atom. The number of amides is 4. The van der Waals surface area contributed by atoms with Gasteiger partial charge >= 0.3 is 0 Å². The standard InChI is InChI=1S/C37H44N12O5/c1-8-48-28(16-21(3)42-48)34(52)40-36-44(5)26-18-23(32(38)50)12-13-25(26)46(36)14-10-11-15-47-31-27(19-24(33(39)51)20-30(31)54-7)45(6)37(47)41-35(53)29-17-22(4)43-49(29)9-2/h12-13,16-20H,8-11,14-15H2,1-7H3,(H2,38,50)(H2,39,51)/b40-36+,41-37+. The Morgan fingerprint density at radius 1 is 0.685 bits per heavy atom. The molecular formula is C37H44N12O5. The van der Waals surface area contributed by atoms with E-state index in [2.05, 4.69) is 20.2 Å². The molecule has 0 spiro atoms. The summed E-state index contributed by atoms with van der Waals surface area (Å²) in [5.74, 6) is -1.71. The Kier molecular flexibility index (Phi) is 10.2. The van der Waals surface area contributed by atoms with Gasteiger partial charge in [0.1, 0.15) is 22.7 Å². The second-order valence-electron chi connectivity index (χ2n) is 13.0. The molecule has 0 unspecified atom stereocenters. The van der Waals surface area contributed by atoms with Gasteiger partial charge in [0.15, 0.2) is 0 Å². The first-order valence-corrected chi connectivity index (χ1v) is 17.6. The summed E-state index contributed by atoms with van der Waals surface area (Å²) in [6.45, 7) is 9.28. The van der Waals surface area contributed by atoms with E-state index in [1.807, 2.05) is 36.8 Å². The van der Waals surface area contributed by atoms with E-state index in [1.54, 1.807) is 75.1 Å². The van der Waals surface area contributed by atoms with E-state index in [1.165, 1.54) is 7.11 Å². The average molecular weight is 737 g/mol. The van der Waals surface area contributed by atoms with Gasteiger partial charge in [-0.1, -0.05) is 0 Å². The molecule has 4 heterocycles. The average Bonchev–Trinajstić information content (AvgIpc) is 3.87. The van der Waals surface area contributed by atoms with Crippen LogP contribution in [0.25, 0.3) is 22.1 Å². The molecule has 17 nitrogen and oxygen atoms in total. The van der Waals surface area contributed by atoms with Crippen molar-refractivity contribution in [1.82, 2.24) is 37.8 Å². The van der Waals surface area contributed by atoms with Crippen LogP contribution in [-0.2, 0) is 40.3 Å². The molecule has 0 fully saturated rings. The SMILES string of the molecule is CCn1nc(C)cc1C(=O)/N=c1\n(C)c2cc(C(N)=O)ccc2n1CCCCn1/c(=N/C(=O)c2cc(C)nn2CC)n(C)c2cc(C(N)=O)cc(OC)c21. The lowest BCUT2D eigenvalue weighted by atomic mass is 10.1. The number of fused-ring (bicyclic) bond motifs is 2. The topological polar surface area (TPSA) is 210 Å². The van der Waals surface area contributed by atoms with Gasteiger partial charge in [0.2, 0.25) is 23.1 Å². The van der Waals surface area contributed by atoms with Crippen molar-refractivity contribution in [3.8, 4) is 5.75 Å². The smallest absolute Gasteiger partial charge is 0.298 e. The van der Waals surface area contributed by atoms with E-state index in [9.17, 15) is 19.2 Å². The van der Waals surface area contributed by atoms with Crippen LogP contribution in [-0.4, -0.2) is 68.6 Å². The molecular weight excluding hydrogens is 692 g/mol. The lowest BCUT2D eigenvalue weighted by molar-refractivity contribution is 0.0977. The van der Waals surface area contributed by atoms with Gasteiger partial charge in [0, 0.05) is 51.4 Å². The highest BCUT2D eigenvalue weighted by Gasteiger charge is 2.21. The molecule has 0 radical (unpaired) electrons. The minimum absolute atomic E-state index is 0.250. The van der Waals surface area contributed by atoms with Gasteiger partial charge in [-0.05, 0) is 83.0 Å². The summed E-state index contributed by atoms with van der Waals surface area (Å²) in [6, 6.07) is 11.8. The summed E-state index contributed by atoms with van der Waals surface area (Å²) < 4.78 is 16.3. The Balaban J connectivity index is 1.41. The van der Waals surface area contributed by atoms with Crippen molar-refractivity contribution in [2.45, 2.75) is 66.7 Å². The quantitative estimate of drug-likeness (QED) is 0.179. The van der Waals surface area contributed by atoms with Crippen molar-refractivity contribution in [3.63, 3.8) is 0 Å². The number of rotatable bonds is 12. The number of imidazole rings is 2. The number of hydrogen-bond acceptors (Lipinski definition) is 7. The molecule has 0 aliphatic rings. The van der Waals surface area contributed by atoms with Crippen molar-refractivity contribution in [2.24, 2.45) is 35.5 Å². The molecule has 4 aromatic heterocycles. The van der Waals surface area contributed by atoms with Gasteiger partial charge in [0.25, 0.3) is 11.8 Å². The number of aromatic nitrogens is 8. The predicted molar refractivity (Wildman–Crippen MR) is 200 cm³/mol. The minimum Gasteiger partial charge on any atom is -0.494 e. The third kappa shape index (κ3) is 6.75. The van der Waals surface area contributed by atoms with Crippen LogP contribution in [0.3, 0.4) is 0 Å². The number of hydrogen-bond donors (Lipinski definition) is 2. The van der Waals surface area contributed by atoms with Crippen LogP contribution < -0.4 is 27.4 Å². The first kappa shape index (κ1) is 37.2. The number of primary amides is 2. The van der Waals surface area contributed by atoms with Crippen LogP contribution in [0.1, 0.15) is 79.8 Å². The van der Waals surface area contributed by atoms with Crippen LogP contribution in [0, 0.1) is 13.8 Å². The maximum Gasteiger partial charge on any atom is 0.298 e. The highest BCUT2D eigenvalue weighted by Crippen LogP contribution is 2.27. The van der Waals surface area contributed by atoms with Gasteiger partial charge in [-0.3, -0.25) is 28.5 Å². The van der Waals surface area contributed by atoms with E-state index < -0.39 is 23.6 Å². The van der Waals surface area contributed by atoms with Crippen molar-refractivity contribution >= 4 is 45.7 Å². The number of carbonyl (C=O) groups is 4. The molecule has 17 heteroatoms. The zero-order valence-corrected chi connectivity index (χ0v) is 31.5. The number of methoxy groups -OCH3 is 1. The first-order chi connectivity index (χ1) is 25.8. The first-order valence-electron chi connectivity index (χ1n) is 17.6. The number of unbranched alkanes of at least 4 members (excludes halogenated alkanes) is 1. The zero-order chi connectivity index (χ0) is 39.0. The monoisotopic (exact) mass is 736 g/mol. The molecule has 0 atom stereocenters. The molecule has 0 saturated carbocycles. The minimum atomic E-state index is -0.621. The van der Waals surface area contributed by atoms with Gasteiger partial charge in [-0.15, -0.1) is 0 Å². The number of carbonyl (C=O) groups excluding carboxylic acids is 4. The maximum atomic E-state index is 13.7. The molecule has 6 aromatic rings. The number of aryl methyl sites for hydroxylation is 8. The molecule has 0 aliphatic carbocycles. The lowest BCUT2D eigenvalue weighted by Gasteiger charge is -2.10. The summed E-state index contributed by atoms with van der Waals surface area (Å²) in [5.41, 5.74) is 17.4. The van der Waals surface area contributed by atoms with Gasteiger partial charge in [-0.25, -0.2) is 0 Å².